The predicted octanol–water partition coefficient (Wildman–Crippen LogP) is 0.198. The molecule has 0 saturated carbocycles. The molecule has 1 aliphatic heterocycles. The van der Waals surface area contributed by atoms with Crippen molar-refractivity contribution in [3.05, 3.63) is 0 Å². The third-order valence-electron chi connectivity index (χ3n) is 2.17. The standard InChI is InChI=1S/C6H10N2O4/c1-3-6(2)4(9)7(11)5(10)8(6)12/h11-12H,3H2,1-2H3. The SMILES string of the molecule is CCC1(C)C(=O)N(O)C(=O)N1O. The molecular formula is C6H10N2O4. The number of imide groups is 1. The lowest BCUT2D eigenvalue weighted by Crippen LogP contribution is -2.44. The molecule has 1 aliphatic rings. The van der Waals surface area contributed by atoms with Gasteiger partial charge in [-0.2, -0.15) is 5.06 Å². The largest absolute Gasteiger partial charge is 0.375 e. The summed E-state index contributed by atoms with van der Waals surface area (Å²) >= 11 is 0. The molecule has 0 spiro atoms. The second kappa shape index (κ2) is 2.43. The van der Waals surface area contributed by atoms with Crippen molar-refractivity contribution in [2.24, 2.45) is 0 Å². The Morgan fingerprint density at radius 1 is 1.42 bits per heavy atom. The van der Waals surface area contributed by atoms with Crippen LogP contribution in [0.2, 0.25) is 0 Å². The molecule has 12 heavy (non-hydrogen) atoms. The highest BCUT2D eigenvalue weighted by Crippen LogP contribution is 2.27. The summed E-state index contributed by atoms with van der Waals surface area (Å²) in [7, 11) is 0. The van der Waals surface area contributed by atoms with E-state index in [-0.39, 0.29) is 16.5 Å². The fourth-order valence-electron chi connectivity index (χ4n) is 1.01. The van der Waals surface area contributed by atoms with Crippen molar-refractivity contribution < 1.29 is 20.0 Å². The molecule has 0 aromatic carbocycles. The number of carbonyl (C=O) groups excluding carboxylic acids is 2. The van der Waals surface area contributed by atoms with E-state index in [1.807, 2.05) is 0 Å². The van der Waals surface area contributed by atoms with Crippen molar-refractivity contribution in [2.45, 2.75) is 25.8 Å². The van der Waals surface area contributed by atoms with Crippen molar-refractivity contribution in [3.63, 3.8) is 0 Å². The molecule has 0 aromatic heterocycles. The summed E-state index contributed by atoms with van der Waals surface area (Å²) in [6.45, 7) is 3.01. The minimum atomic E-state index is -1.33. The minimum Gasteiger partial charge on any atom is -0.283 e. The molecule has 1 heterocycles. The Hall–Kier alpha value is -1.14. The summed E-state index contributed by atoms with van der Waals surface area (Å²) in [4.78, 5) is 22.0. The van der Waals surface area contributed by atoms with Crippen LogP contribution in [0, 0.1) is 0 Å². The van der Waals surface area contributed by atoms with Gasteiger partial charge in [0.15, 0.2) is 0 Å². The first-order chi connectivity index (χ1) is 5.45. The fraction of sp³-hybridized carbons (Fsp3) is 0.667. The van der Waals surface area contributed by atoms with Crippen molar-refractivity contribution in [3.8, 4) is 0 Å². The fourth-order valence-corrected chi connectivity index (χ4v) is 1.01. The highest BCUT2D eigenvalue weighted by atomic mass is 16.6. The van der Waals surface area contributed by atoms with E-state index in [2.05, 4.69) is 0 Å². The van der Waals surface area contributed by atoms with Crippen LogP contribution < -0.4 is 0 Å². The average molecular weight is 174 g/mol. The third kappa shape index (κ3) is 0.819. The van der Waals surface area contributed by atoms with Crippen molar-refractivity contribution in [1.29, 1.82) is 0 Å². The number of hydroxylamine groups is 4. The number of nitrogens with zero attached hydrogens (tertiary/aromatic N) is 2. The maximum Gasteiger partial charge on any atom is 0.375 e. The first-order valence-corrected chi connectivity index (χ1v) is 3.51. The lowest BCUT2D eigenvalue weighted by atomic mass is 9.99. The molecule has 1 saturated heterocycles. The lowest BCUT2D eigenvalue weighted by molar-refractivity contribution is -0.157. The quantitative estimate of drug-likeness (QED) is 0.439. The first kappa shape index (κ1) is 8.95. The van der Waals surface area contributed by atoms with Gasteiger partial charge in [0.2, 0.25) is 0 Å². The molecule has 0 aliphatic carbocycles. The maximum absolute atomic E-state index is 11.1. The van der Waals surface area contributed by atoms with Gasteiger partial charge in [-0.15, -0.1) is 5.06 Å². The molecule has 0 radical (unpaired) electrons. The van der Waals surface area contributed by atoms with Crippen LogP contribution in [0.3, 0.4) is 0 Å². The van der Waals surface area contributed by atoms with Crippen LogP contribution in [0.1, 0.15) is 20.3 Å². The lowest BCUT2D eigenvalue weighted by Gasteiger charge is -2.23. The van der Waals surface area contributed by atoms with Gasteiger partial charge in [-0.05, 0) is 13.3 Å². The Balaban J connectivity index is 3.06. The summed E-state index contributed by atoms with van der Waals surface area (Å²) < 4.78 is 0. The first-order valence-electron chi connectivity index (χ1n) is 3.51. The van der Waals surface area contributed by atoms with Crippen LogP contribution in [-0.4, -0.2) is 38.0 Å². The summed E-state index contributed by atoms with van der Waals surface area (Å²) in [5, 5.41) is 18.1. The average Bonchev–Trinajstić information content (AvgIpc) is 2.22. The predicted molar refractivity (Wildman–Crippen MR) is 36.3 cm³/mol. The normalized spacial score (nSPS) is 30.3. The van der Waals surface area contributed by atoms with E-state index in [1.54, 1.807) is 6.92 Å². The van der Waals surface area contributed by atoms with Gasteiger partial charge < -0.3 is 0 Å². The zero-order valence-electron chi connectivity index (χ0n) is 6.81. The Labute approximate surface area is 68.9 Å². The number of carbonyl (C=O) groups is 2. The number of rotatable bonds is 1. The minimum absolute atomic E-state index is 0.0799. The van der Waals surface area contributed by atoms with Gasteiger partial charge in [0.25, 0.3) is 5.91 Å². The zero-order valence-corrected chi connectivity index (χ0v) is 6.81. The summed E-state index contributed by atoms with van der Waals surface area (Å²) in [5.41, 5.74) is -1.33. The molecule has 1 rings (SSSR count). The molecule has 1 fully saturated rings. The zero-order chi connectivity index (χ0) is 9.52. The monoisotopic (exact) mass is 174 g/mol. The highest BCUT2D eigenvalue weighted by molar-refractivity contribution is 6.04. The molecule has 68 valence electrons. The van der Waals surface area contributed by atoms with Gasteiger partial charge >= 0.3 is 6.03 Å². The summed E-state index contributed by atoms with van der Waals surface area (Å²) in [6, 6.07) is -1.11. The molecule has 3 amide bonds. The molecule has 6 nitrogen and oxygen atoms in total. The topological polar surface area (TPSA) is 81.1 Å². The van der Waals surface area contributed by atoms with Crippen LogP contribution >= 0.6 is 0 Å². The van der Waals surface area contributed by atoms with Crippen LogP contribution in [-0.2, 0) is 4.79 Å². The summed E-state index contributed by atoms with van der Waals surface area (Å²) in [5.74, 6) is -0.808. The van der Waals surface area contributed by atoms with Crippen molar-refractivity contribution >= 4 is 11.9 Å². The molecular weight excluding hydrogens is 164 g/mol. The Morgan fingerprint density at radius 2 is 1.92 bits per heavy atom. The van der Waals surface area contributed by atoms with Crippen LogP contribution in [0.25, 0.3) is 0 Å². The van der Waals surface area contributed by atoms with Gasteiger partial charge in [-0.25, -0.2) is 4.79 Å². The van der Waals surface area contributed by atoms with Crippen molar-refractivity contribution in [2.75, 3.05) is 0 Å². The number of hydrogen-bond donors (Lipinski definition) is 2. The Morgan fingerprint density at radius 3 is 2.08 bits per heavy atom. The summed E-state index contributed by atoms with van der Waals surface area (Å²) in [6.07, 6.45) is 0.241. The molecule has 0 bridgehead atoms. The molecule has 6 heteroatoms. The second-order valence-corrected chi connectivity index (χ2v) is 2.84. The third-order valence-corrected chi connectivity index (χ3v) is 2.17. The molecule has 2 N–H and O–H groups in total. The van der Waals surface area contributed by atoms with Crippen LogP contribution in [0.15, 0.2) is 0 Å². The van der Waals surface area contributed by atoms with Crippen LogP contribution in [0.5, 0.6) is 0 Å². The van der Waals surface area contributed by atoms with Gasteiger partial charge in [0, 0.05) is 0 Å². The Bertz CT molecular complexity index is 242. The smallest absolute Gasteiger partial charge is 0.283 e. The van der Waals surface area contributed by atoms with Crippen LogP contribution in [0.4, 0.5) is 4.79 Å². The molecule has 1 atom stereocenters. The maximum atomic E-state index is 11.1. The highest BCUT2D eigenvalue weighted by Gasteiger charge is 2.53. The van der Waals surface area contributed by atoms with E-state index in [1.165, 1.54) is 6.92 Å². The van der Waals surface area contributed by atoms with E-state index in [4.69, 9.17) is 10.4 Å². The molecule has 0 aromatic rings. The Kier molecular flexibility index (Phi) is 1.81. The van der Waals surface area contributed by atoms with E-state index in [9.17, 15) is 9.59 Å². The van der Waals surface area contributed by atoms with Gasteiger partial charge in [-0.1, -0.05) is 6.92 Å². The second-order valence-electron chi connectivity index (χ2n) is 2.84. The van der Waals surface area contributed by atoms with E-state index < -0.39 is 17.5 Å². The number of hydrogen-bond acceptors (Lipinski definition) is 4. The molecule has 1 unspecified atom stereocenters. The van der Waals surface area contributed by atoms with Crippen molar-refractivity contribution in [1.82, 2.24) is 10.1 Å². The van der Waals surface area contributed by atoms with E-state index in [0.717, 1.165) is 0 Å². The van der Waals surface area contributed by atoms with Gasteiger partial charge in [0.1, 0.15) is 5.54 Å². The number of urea groups is 1. The van der Waals surface area contributed by atoms with Gasteiger partial charge in [0.05, 0.1) is 0 Å². The van der Waals surface area contributed by atoms with E-state index in [0.29, 0.717) is 0 Å². The van der Waals surface area contributed by atoms with Gasteiger partial charge in [-0.3, -0.25) is 15.2 Å². The number of amides is 3. The van der Waals surface area contributed by atoms with E-state index >= 15 is 0 Å².